The van der Waals surface area contributed by atoms with E-state index in [0.717, 1.165) is 29.1 Å². The van der Waals surface area contributed by atoms with Crippen molar-refractivity contribution in [3.8, 4) is 17.5 Å². The Kier molecular flexibility index (Phi) is 5.85. The van der Waals surface area contributed by atoms with Gasteiger partial charge in [0, 0.05) is 22.8 Å². The number of benzene rings is 2. The van der Waals surface area contributed by atoms with Gasteiger partial charge in [-0.2, -0.15) is 5.26 Å². The van der Waals surface area contributed by atoms with E-state index in [1.165, 1.54) is 5.56 Å². The molecule has 1 aromatic heterocycles. The van der Waals surface area contributed by atoms with Crippen LogP contribution in [0.5, 0.6) is 5.75 Å². The second kappa shape index (κ2) is 8.49. The molecule has 3 aromatic rings. The first-order valence-electron chi connectivity index (χ1n) is 9.43. The van der Waals surface area contributed by atoms with Crippen LogP contribution in [0.2, 0.25) is 0 Å². The molecule has 2 aromatic carbocycles. The van der Waals surface area contributed by atoms with Gasteiger partial charge >= 0.3 is 0 Å². The largest absolute Gasteiger partial charge is 0.508 e. The standard InChI is InChI=1S/C24H23N3O2/c1-4-18-5-7-21(8-6-18)26-24(29)20(15-25)14-19-13-16(2)27(17(19)3)22-9-11-23(28)12-10-22/h5-14,28H,4H2,1-3H3,(H,26,29). The highest BCUT2D eigenvalue weighted by atomic mass is 16.3. The van der Waals surface area contributed by atoms with E-state index in [1.807, 2.05) is 66.9 Å². The highest BCUT2D eigenvalue weighted by molar-refractivity contribution is 6.09. The van der Waals surface area contributed by atoms with Crippen molar-refractivity contribution >= 4 is 17.7 Å². The molecular formula is C24H23N3O2. The number of nitriles is 1. The number of phenolic OH excluding ortho intramolecular Hbond substituents is 1. The van der Waals surface area contributed by atoms with Crippen molar-refractivity contribution in [1.29, 1.82) is 5.26 Å². The Bertz CT molecular complexity index is 1100. The van der Waals surface area contributed by atoms with Gasteiger partial charge in [-0.05, 0) is 79.9 Å². The van der Waals surface area contributed by atoms with Gasteiger partial charge in [-0.1, -0.05) is 19.1 Å². The molecule has 1 heterocycles. The number of anilines is 1. The van der Waals surface area contributed by atoms with E-state index < -0.39 is 5.91 Å². The van der Waals surface area contributed by atoms with Crippen LogP contribution in [0.3, 0.4) is 0 Å². The molecule has 0 radical (unpaired) electrons. The predicted octanol–water partition coefficient (Wildman–Crippen LogP) is 4.91. The molecule has 0 aliphatic heterocycles. The smallest absolute Gasteiger partial charge is 0.266 e. The van der Waals surface area contributed by atoms with E-state index in [0.29, 0.717) is 5.69 Å². The Morgan fingerprint density at radius 2 is 1.79 bits per heavy atom. The maximum atomic E-state index is 12.6. The molecule has 0 aliphatic rings. The maximum Gasteiger partial charge on any atom is 0.266 e. The molecule has 0 saturated heterocycles. The van der Waals surface area contributed by atoms with Crippen LogP contribution in [0.15, 0.2) is 60.2 Å². The molecule has 0 bridgehead atoms. The van der Waals surface area contributed by atoms with Crippen molar-refractivity contribution < 1.29 is 9.90 Å². The molecule has 1 amide bonds. The van der Waals surface area contributed by atoms with Gasteiger partial charge in [0.25, 0.3) is 5.91 Å². The fourth-order valence-corrected chi connectivity index (χ4v) is 3.26. The highest BCUT2D eigenvalue weighted by Gasteiger charge is 2.14. The lowest BCUT2D eigenvalue weighted by atomic mass is 10.1. The molecule has 5 nitrogen and oxygen atoms in total. The number of aryl methyl sites for hydroxylation is 2. The SMILES string of the molecule is CCc1ccc(NC(=O)C(C#N)=Cc2cc(C)n(-c3ccc(O)cc3)c2C)cc1. The third kappa shape index (κ3) is 4.39. The van der Waals surface area contributed by atoms with Gasteiger partial charge in [0.2, 0.25) is 0 Å². The number of hydrogen-bond donors (Lipinski definition) is 2. The van der Waals surface area contributed by atoms with Crippen molar-refractivity contribution in [3.05, 3.63) is 82.7 Å². The monoisotopic (exact) mass is 385 g/mol. The summed E-state index contributed by atoms with van der Waals surface area (Å²) in [6.07, 6.45) is 2.53. The summed E-state index contributed by atoms with van der Waals surface area (Å²) < 4.78 is 2.02. The number of nitrogens with zero attached hydrogens (tertiary/aromatic N) is 2. The van der Waals surface area contributed by atoms with Gasteiger partial charge in [0.05, 0.1) is 0 Å². The minimum atomic E-state index is -0.439. The first-order valence-corrected chi connectivity index (χ1v) is 9.43. The predicted molar refractivity (Wildman–Crippen MR) is 115 cm³/mol. The Labute approximate surface area is 170 Å². The molecule has 5 heteroatoms. The van der Waals surface area contributed by atoms with Gasteiger partial charge < -0.3 is 15.0 Å². The van der Waals surface area contributed by atoms with E-state index in [1.54, 1.807) is 18.2 Å². The molecule has 29 heavy (non-hydrogen) atoms. The van der Waals surface area contributed by atoms with Crippen LogP contribution < -0.4 is 5.32 Å². The minimum absolute atomic E-state index is 0.0375. The first kappa shape index (κ1) is 20.0. The summed E-state index contributed by atoms with van der Waals surface area (Å²) in [6, 6.07) is 18.4. The van der Waals surface area contributed by atoms with Crippen molar-refractivity contribution in [2.75, 3.05) is 5.32 Å². The normalized spacial score (nSPS) is 11.2. The topological polar surface area (TPSA) is 78.0 Å². The van der Waals surface area contributed by atoms with Gasteiger partial charge in [-0.3, -0.25) is 4.79 Å². The number of carbonyl (C=O) groups excluding carboxylic acids is 1. The van der Waals surface area contributed by atoms with Crippen LogP contribution in [0, 0.1) is 25.2 Å². The Morgan fingerprint density at radius 3 is 2.38 bits per heavy atom. The lowest BCUT2D eigenvalue weighted by Gasteiger charge is -2.09. The first-order chi connectivity index (χ1) is 13.9. The number of amides is 1. The van der Waals surface area contributed by atoms with Crippen LogP contribution in [-0.2, 0) is 11.2 Å². The fourth-order valence-electron chi connectivity index (χ4n) is 3.26. The fraction of sp³-hybridized carbons (Fsp3) is 0.167. The van der Waals surface area contributed by atoms with E-state index in [9.17, 15) is 15.2 Å². The average Bonchev–Trinajstić information content (AvgIpc) is 3.00. The van der Waals surface area contributed by atoms with Crippen LogP contribution in [-0.4, -0.2) is 15.6 Å². The summed E-state index contributed by atoms with van der Waals surface area (Å²) in [6.45, 7) is 5.96. The lowest BCUT2D eigenvalue weighted by molar-refractivity contribution is -0.112. The number of carbonyl (C=O) groups is 1. The van der Waals surface area contributed by atoms with Crippen molar-refractivity contribution in [2.45, 2.75) is 27.2 Å². The second-order valence-electron chi connectivity index (χ2n) is 6.85. The average molecular weight is 385 g/mol. The number of phenols is 1. The molecule has 3 rings (SSSR count). The molecule has 0 fully saturated rings. The van der Waals surface area contributed by atoms with Crippen molar-refractivity contribution in [1.82, 2.24) is 4.57 Å². The van der Waals surface area contributed by atoms with Crippen molar-refractivity contribution in [2.24, 2.45) is 0 Å². The molecular weight excluding hydrogens is 362 g/mol. The van der Waals surface area contributed by atoms with E-state index in [-0.39, 0.29) is 11.3 Å². The molecule has 0 aliphatic carbocycles. The van der Waals surface area contributed by atoms with Gasteiger partial charge in [-0.25, -0.2) is 0 Å². The maximum absolute atomic E-state index is 12.6. The summed E-state index contributed by atoms with van der Waals surface area (Å²) in [4.78, 5) is 12.6. The molecule has 0 unspecified atom stereocenters. The zero-order chi connectivity index (χ0) is 21.0. The van der Waals surface area contributed by atoms with Crippen LogP contribution in [0.4, 0.5) is 5.69 Å². The summed E-state index contributed by atoms with van der Waals surface area (Å²) in [5, 5.41) is 21.8. The van der Waals surface area contributed by atoms with Crippen LogP contribution >= 0.6 is 0 Å². The highest BCUT2D eigenvalue weighted by Crippen LogP contribution is 2.24. The lowest BCUT2D eigenvalue weighted by Crippen LogP contribution is -2.13. The summed E-state index contributed by atoms with van der Waals surface area (Å²) in [5.41, 5.74) is 5.44. The van der Waals surface area contributed by atoms with Gasteiger partial charge in [-0.15, -0.1) is 0 Å². The van der Waals surface area contributed by atoms with E-state index >= 15 is 0 Å². The molecule has 2 N–H and O–H groups in total. The van der Waals surface area contributed by atoms with Gasteiger partial charge in [0.1, 0.15) is 17.4 Å². The van der Waals surface area contributed by atoms with Crippen molar-refractivity contribution in [3.63, 3.8) is 0 Å². The number of aromatic hydroxyl groups is 1. The molecule has 0 saturated carbocycles. The molecule has 0 spiro atoms. The molecule has 0 atom stereocenters. The third-order valence-corrected chi connectivity index (χ3v) is 4.86. The Morgan fingerprint density at radius 1 is 1.14 bits per heavy atom. The van der Waals surface area contributed by atoms with Crippen LogP contribution in [0.1, 0.15) is 29.4 Å². The Balaban J connectivity index is 1.88. The number of nitrogens with one attached hydrogen (secondary N) is 1. The molecule has 146 valence electrons. The van der Waals surface area contributed by atoms with Gasteiger partial charge in [0.15, 0.2) is 0 Å². The summed E-state index contributed by atoms with van der Waals surface area (Å²) in [5.74, 6) is -0.238. The Hall–Kier alpha value is -3.78. The summed E-state index contributed by atoms with van der Waals surface area (Å²) in [7, 11) is 0. The second-order valence-corrected chi connectivity index (χ2v) is 6.85. The summed E-state index contributed by atoms with van der Waals surface area (Å²) >= 11 is 0. The third-order valence-electron chi connectivity index (χ3n) is 4.86. The van der Waals surface area contributed by atoms with E-state index in [2.05, 4.69) is 12.2 Å². The zero-order valence-electron chi connectivity index (χ0n) is 16.7. The quantitative estimate of drug-likeness (QED) is 0.484. The number of aromatic nitrogens is 1. The minimum Gasteiger partial charge on any atom is -0.508 e. The number of rotatable bonds is 5. The number of hydrogen-bond acceptors (Lipinski definition) is 3. The zero-order valence-corrected chi connectivity index (χ0v) is 16.7. The van der Waals surface area contributed by atoms with Crippen LogP contribution in [0.25, 0.3) is 11.8 Å². The van der Waals surface area contributed by atoms with E-state index in [4.69, 9.17) is 0 Å².